The van der Waals surface area contributed by atoms with Gasteiger partial charge in [0.25, 0.3) is 0 Å². The molecule has 140 valence electrons. The van der Waals surface area contributed by atoms with E-state index < -0.39 is 0 Å². The molecule has 0 spiro atoms. The van der Waals surface area contributed by atoms with E-state index in [0.717, 1.165) is 6.42 Å². The molecular formula is C25H30NS+. The molecule has 0 aliphatic heterocycles. The summed E-state index contributed by atoms with van der Waals surface area (Å²) in [4.78, 5) is 0. The van der Waals surface area contributed by atoms with E-state index in [1.54, 1.807) is 0 Å². The highest BCUT2D eigenvalue weighted by Crippen LogP contribution is 2.41. The van der Waals surface area contributed by atoms with Gasteiger partial charge >= 0.3 is 0 Å². The first-order valence-corrected chi connectivity index (χ1v) is 10.6. The molecule has 2 aromatic heterocycles. The highest BCUT2D eigenvalue weighted by molar-refractivity contribution is 7.26. The van der Waals surface area contributed by atoms with Crippen molar-refractivity contribution in [1.82, 2.24) is 0 Å². The van der Waals surface area contributed by atoms with E-state index in [1.807, 2.05) is 11.3 Å². The lowest BCUT2D eigenvalue weighted by atomic mass is 9.87. The molecule has 2 aromatic carbocycles. The molecule has 0 aliphatic rings. The fraction of sp³-hybridized carbons (Fsp3) is 0.400. The number of pyridine rings is 1. The van der Waals surface area contributed by atoms with Crippen LogP contribution >= 0.6 is 11.3 Å². The van der Waals surface area contributed by atoms with Crippen LogP contribution in [0.1, 0.15) is 52.8 Å². The summed E-state index contributed by atoms with van der Waals surface area (Å²) in [6.07, 6.45) is 3.32. The van der Waals surface area contributed by atoms with Crippen LogP contribution in [0.3, 0.4) is 0 Å². The Kier molecular flexibility index (Phi) is 4.12. The second-order valence-electron chi connectivity index (χ2n) is 10.1. The zero-order valence-corrected chi connectivity index (χ0v) is 18.4. The summed E-state index contributed by atoms with van der Waals surface area (Å²) in [5, 5.41) is 5.52. The van der Waals surface area contributed by atoms with Gasteiger partial charge in [0.15, 0.2) is 6.20 Å². The van der Waals surface area contributed by atoms with Gasteiger partial charge in [-0.05, 0) is 28.2 Å². The van der Waals surface area contributed by atoms with Gasteiger partial charge in [0, 0.05) is 27.0 Å². The van der Waals surface area contributed by atoms with E-state index in [4.69, 9.17) is 0 Å². The summed E-state index contributed by atoms with van der Waals surface area (Å²) in [6, 6.07) is 14.0. The van der Waals surface area contributed by atoms with Crippen molar-refractivity contribution in [2.24, 2.45) is 12.5 Å². The summed E-state index contributed by atoms with van der Waals surface area (Å²) in [6.45, 7) is 13.8. The number of nitrogens with zero attached hydrogens (tertiary/aromatic N) is 1. The molecule has 1 nitrogen and oxygen atoms in total. The van der Waals surface area contributed by atoms with Crippen LogP contribution in [0.25, 0.3) is 30.9 Å². The number of hydrogen-bond donors (Lipinski definition) is 0. The van der Waals surface area contributed by atoms with Crippen LogP contribution in [0.15, 0.2) is 42.6 Å². The van der Waals surface area contributed by atoms with Crippen LogP contribution in [0.2, 0.25) is 0 Å². The Morgan fingerprint density at radius 3 is 2.15 bits per heavy atom. The van der Waals surface area contributed by atoms with Gasteiger partial charge in [-0.15, -0.1) is 11.3 Å². The molecule has 0 N–H and O–H groups in total. The maximum absolute atomic E-state index is 2.38. The number of thiophene rings is 1. The Balaban J connectivity index is 2.01. The summed E-state index contributed by atoms with van der Waals surface area (Å²) >= 11 is 1.96. The lowest BCUT2D eigenvalue weighted by Crippen LogP contribution is -2.39. The van der Waals surface area contributed by atoms with Crippen molar-refractivity contribution < 1.29 is 4.57 Å². The molecule has 0 bridgehead atoms. The molecule has 0 saturated heterocycles. The third-order valence-electron chi connectivity index (χ3n) is 5.25. The topological polar surface area (TPSA) is 3.88 Å². The third kappa shape index (κ3) is 3.25. The second kappa shape index (κ2) is 6.04. The van der Waals surface area contributed by atoms with Gasteiger partial charge in [-0.1, -0.05) is 71.9 Å². The molecule has 0 amide bonds. The zero-order valence-electron chi connectivity index (χ0n) is 17.6. The van der Waals surface area contributed by atoms with Gasteiger partial charge in [-0.25, -0.2) is 4.57 Å². The van der Waals surface area contributed by atoms with Crippen LogP contribution in [0, 0.1) is 5.41 Å². The molecule has 4 rings (SSSR count). The summed E-state index contributed by atoms with van der Waals surface area (Å²) < 4.78 is 5.14. The Bertz CT molecular complexity index is 1170. The smallest absolute Gasteiger partial charge is 0.203 e. The van der Waals surface area contributed by atoms with Crippen molar-refractivity contribution in [2.45, 2.75) is 53.4 Å². The Morgan fingerprint density at radius 1 is 0.815 bits per heavy atom. The summed E-state index contributed by atoms with van der Waals surface area (Å²) in [7, 11) is 2.17. The number of hydrogen-bond acceptors (Lipinski definition) is 1. The van der Waals surface area contributed by atoms with Crippen molar-refractivity contribution in [3.05, 3.63) is 53.9 Å². The highest BCUT2D eigenvalue weighted by atomic mass is 32.1. The van der Waals surface area contributed by atoms with Gasteiger partial charge in [-0.3, -0.25) is 0 Å². The fourth-order valence-corrected chi connectivity index (χ4v) is 5.93. The maximum Gasteiger partial charge on any atom is 0.204 e. The minimum absolute atomic E-state index is 0.116. The predicted octanol–water partition coefficient (Wildman–Crippen LogP) is 6.92. The van der Waals surface area contributed by atoms with E-state index in [0.29, 0.717) is 5.41 Å². The summed E-state index contributed by atoms with van der Waals surface area (Å²) in [5.74, 6) is 0. The predicted molar refractivity (Wildman–Crippen MR) is 120 cm³/mol. The minimum Gasteiger partial charge on any atom is -0.203 e. The first kappa shape index (κ1) is 18.4. The average molecular weight is 377 g/mol. The Labute approximate surface area is 166 Å². The molecule has 0 saturated carbocycles. The van der Waals surface area contributed by atoms with Crippen LogP contribution in [-0.2, 0) is 18.9 Å². The highest BCUT2D eigenvalue weighted by Gasteiger charge is 2.28. The molecule has 0 aliphatic carbocycles. The quantitative estimate of drug-likeness (QED) is 0.317. The number of benzene rings is 2. The molecule has 0 atom stereocenters. The van der Waals surface area contributed by atoms with Crippen LogP contribution in [0.5, 0.6) is 0 Å². The number of aryl methyl sites for hydroxylation is 1. The van der Waals surface area contributed by atoms with Gasteiger partial charge in [0.1, 0.15) is 11.7 Å². The van der Waals surface area contributed by atoms with E-state index in [-0.39, 0.29) is 5.41 Å². The number of rotatable bonds is 1. The van der Waals surface area contributed by atoms with E-state index in [1.165, 1.54) is 42.2 Å². The van der Waals surface area contributed by atoms with Crippen molar-refractivity contribution >= 4 is 42.3 Å². The SMILES string of the molecule is C[n+]1ccc2c(sc3c4ccc(CC(C)(C)C)cc4ccc23)c1C(C)(C)C. The van der Waals surface area contributed by atoms with E-state index in [2.05, 4.69) is 95.8 Å². The largest absolute Gasteiger partial charge is 0.204 e. The molecular weight excluding hydrogens is 346 g/mol. The van der Waals surface area contributed by atoms with Crippen LogP contribution < -0.4 is 4.57 Å². The van der Waals surface area contributed by atoms with Crippen LogP contribution in [0.4, 0.5) is 0 Å². The third-order valence-corrected chi connectivity index (χ3v) is 6.51. The maximum atomic E-state index is 2.38. The average Bonchev–Trinajstić information content (AvgIpc) is 2.89. The molecule has 0 fully saturated rings. The Hall–Kier alpha value is -1.93. The van der Waals surface area contributed by atoms with E-state index in [9.17, 15) is 0 Å². The lowest BCUT2D eigenvalue weighted by molar-refractivity contribution is -0.680. The van der Waals surface area contributed by atoms with Crippen molar-refractivity contribution in [3.8, 4) is 0 Å². The molecule has 2 heteroatoms. The standard InChI is InChI=1S/C25H30NS/c1-24(2,3)15-16-8-10-18-17(14-16)9-11-19-20-12-13-26(7)23(25(4,5)6)22(20)27-21(18)19/h8-14H,15H2,1-7H3/q+1. The van der Waals surface area contributed by atoms with Gasteiger partial charge in [0.2, 0.25) is 5.69 Å². The van der Waals surface area contributed by atoms with Gasteiger partial charge in [0.05, 0.1) is 0 Å². The first-order valence-electron chi connectivity index (χ1n) is 9.82. The zero-order chi connectivity index (χ0) is 19.6. The van der Waals surface area contributed by atoms with Gasteiger partial charge in [-0.2, -0.15) is 0 Å². The molecule has 2 heterocycles. The molecule has 0 radical (unpaired) electrons. The monoisotopic (exact) mass is 376 g/mol. The first-order chi connectivity index (χ1) is 12.5. The molecule has 27 heavy (non-hydrogen) atoms. The van der Waals surface area contributed by atoms with Crippen molar-refractivity contribution in [3.63, 3.8) is 0 Å². The normalized spacial score (nSPS) is 13.1. The lowest BCUT2D eigenvalue weighted by Gasteiger charge is -2.18. The van der Waals surface area contributed by atoms with Crippen molar-refractivity contribution in [1.29, 1.82) is 0 Å². The number of aromatic nitrogens is 1. The van der Waals surface area contributed by atoms with Crippen molar-refractivity contribution in [2.75, 3.05) is 0 Å². The van der Waals surface area contributed by atoms with Gasteiger partial charge < -0.3 is 0 Å². The molecule has 4 aromatic rings. The Morgan fingerprint density at radius 2 is 1.48 bits per heavy atom. The summed E-state index contributed by atoms with van der Waals surface area (Å²) in [5.41, 5.74) is 3.27. The van der Waals surface area contributed by atoms with E-state index >= 15 is 0 Å². The second-order valence-corrected chi connectivity index (χ2v) is 11.1. The minimum atomic E-state index is 0.116. The fourth-order valence-electron chi connectivity index (χ4n) is 4.31. The van der Waals surface area contributed by atoms with Crippen LogP contribution in [-0.4, -0.2) is 0 Å². The number of fused-ring (bicyclic) bond motifs is 5. The molecule has 0 unspecified atom stereocenters.